The number of fused-ring (bicyclic) bond motifs is 1. The Morgan fingerprint density at radius 3 is 2.63 bits per heavy atom. The molecule has 1 N–H and O–H groups in total. The van der Waals surface area contributed by atoms with Gasteiger partial charge in [0.05, 0.1) is 17.1 Å². The molecule has 0 fully saturated rings. The van der Waals surface area contributed by atoms with Crippen LogP contribution >= 0.6 is 11.8 Å². The predicted octanol–water partition coefficient (Wildman–Crippen LogP) is 3.28. The Bertz CT molecular complexity index is 449. The van der Waals surface area contributed by atoms with Gasteiger partial charge in [0.1, 0.15) is 5.82 Å². The maximum absolute atomic E-state index is 4.83. The van der Waals surface area contributed by atoms with Gasteiger partial charge in [0.15, 0.2) is 0 Å². The molecule has 106 valence electrons. The first-order valence-corrected chi connectivity index (χ1v) is 8.08. The third-order valence-corrected chi connectivity index (χ3v) is 4.46. The van der Waals surface area contributed by atoms with E-state index in [2.05, 4.69) is 39.9 Å². The van der Waals surface area contributed by atoms with Crippen LogP contribution in [0.5, 0.6) is 0 Å². The summed E-state index contributed by atoms with van der Waals surface area (Å²) in [7, 11) is 0. The van der Waals surface area contributed by atoms with E-state index in [1.54, 1.807) is 0 Å². The Morgan fingerprint density at radius 1 is 1.26 bits per heavy atom. The molecule has 0 saturated heterocycles. The topological polar surface area (TPSA) is 37.8 Å². The van der Waals surface area contributed by atoms with Crippen LogP contribution in [-0.4, -0.2) is 21.3 Å². The fourth-order valence-electron chi connectivity index (χ4n) is 2.26. The second-order valence-corrected chi connectivity index (χ2v) is 8.23. The van der Waals surface area contributed by atoms with E-state index in [0.29, 0.717) is 5.92 Å². The fourth-order valence-corrected chi connectivity index (χ4v) is 2.96. The number of nitrogens with zero attached hydrogens (tertiary/aromatic N) is 2. The van der Waals surface area contributed by atoms with E-state index in [4.69, 9.17) is 9.97 Å². The molecule has 19 heavy (non-hydrogen) atoms. The van der Waals surface area contributed by atoms with Crippen LogP contribution in [0.25, 0.3) is 0 Å². The molecule has 0 atom stereocenters. The molecule has 0 amide bonds. The molecule has 0 aromatic carbocycles. The highest BCUT2D eigenvalue weighted by atomic mass is 32.2. The van der Waals surface area contributed by atoms with Crippen molar-refractivity contribution in [2.24, 2.45) is 0 Å². The number of thioether (sulfide) groups is 1. The number of aromatic nitrogens is 2. The Labute approximate surface area is 121 Å². The largest absolute Gasteiger partial charge is 0.311 e. The van der Waals surface area contributed by atoms with Crippen molar-refractivity contribution >= 4 is 11.8 Å². The van der Waals surface area contributed by atoms with Gasteiger partial charge in [-0.15, -0.1) is 11.8 Å². The van der Waals surface area contributed by atoms with E-state index in [1.165, 1.54) is 17.0 Å². The maximum Gasteiger partial charge on any atom is 0.138 e. The molecule has 1 aromatic heterocycles. The minimum atomic E-state index is 0.259. The normalized spacial score (nSPS) is 15.7. The lowest BCUT2D eigenvalue weighted by molar-refractivity contribution is 0.603. The van der Waals surface area contributed by atoms with Gasteiger partial charge in [-0.05, 0) is 24.4 Å². The van der Waals surface area contributed by atoms with Crippen molar-refractivity contribution in [2.45, 2.75) is 64.0 Å². The van der Waals surface area contributed by atoms with Gasteiger partial charge in [-0.2, -0.15) is 0 Å². The van der Waals surface area contributed by atoms with Crippen molar-refractivity contribution in [2.75, 3.05) is 6.54 Å². The fraction of sp³-hybridized carbons (Fsp3) is 0.733. The third kappa shape index (κ3) is 3.93. The van der Waals surface area contributed by atoms with Crippen molar-refractivity contribution < 1.29 is 0 Å². The van der Waals surface area contributed by atoms with Crippen LogP contribution in [0.4, 0.5) is 0 Å². The average molecular weight is 279 g/mol. The molecule has 1 aliphatic heterocycles. The molecule has 0 spiro atoms. The van der Waals surface area contributed by atoms with Crippen LogP contribution in [-0.2, 0) is 18.7 Å². The van der Waals surface area contributed by atoms with E-state index >= 15 is 0 Å². The van der Waals surface area contributed by atoms with Gasteiger partial charge in [0.25, 0.3) is 0 Å². The van der Waals surface area contributed by atoms with E-state index in [9.17, 15) is 0 Å². The summed E-state index contributed by atoms with van der Waals surface area (Å²) in [4.78, 5) is 9.59. The Morgan fingerprint density at radius 2 is 2.00 bits per heavy atom. The summed E-state index contributed by atoms with van der Waals surface area (Å²) in [6.45, 7) is 13.1. The summed E-state index contributed by atoms with van der Waals surface area (Å²) in [6.07, 6.45) is 1.07. The van der Waals surface area contributed by atoms with Crippen LogP contribution in [0.2, 0.25) is 0 Å². The van der Waals surface area contributed by atoms with E-state index in [0.717, 1.165) is 31.1 Å². The van der Waals surface area contributed by atoms with Gasteiger partial charge in [0, 0.05) is 11.3 Å². The second kappa shape index (κ2) is 5.80. The molecule has 1 aliphatic rings. The predicted molar refractivity (Wildman–Crippen MR) is 82.6 cm³/mol. The van der Waals surface area contributed by atoms with Crippen molar-refractivity contribution in [1.29, 1.82) is 0 Å². The number of hydrogen-bond acceptors (Lipinski definition) is 4. The van der Waals surface area contributed by atoms with Gasteiger partial charge in [-0.25, -0.2) is 9.97 Å². The standard InChI is InChI=1S/C15H25N3S/c1-10(2)14-11-6-7-16-8-12(11)17-13(18-14)9-19-15(3,4)5/h10,16H,6-9H2,1-5H3. The summed E-state index contributed by atoms with van der Waals surface area (Å²) >= 11 is 1.91. The highest BCUT2D eigenvalue weighted by molar-refractivity contribution is 7.99. The van der Waals surface area contributed by atoms with Gasteiger partial charge in [-0.3, -0.25) is 0 Å². The first-order chi connectivity index (χ1) is 8.87. The first-order valence-electron chi connectivity index (χ1n) is 7.10. The van der Waals surface area contributed by atoms with Crippen LogP contribution < -0.4 is 5.32 Å². The summed E-state index contributed by atoms with van der Waals surface area (Å²) in [6, 6.07) is 0. The number of hydrogen-bond donors (Lipinski definition) is 1. The first kappa shape index (κ1) is 14.8. The average Bonchev–Trinajstić information content (AvgIpc) is 2.34. The zero-order chi connectivity index (χ0) is 14.0. The molecule has 2 rings (SSSR count). The maximum atomic E-state index is 4.83. The van der Waals surface area contributed by atoms with Crippen LogP contribution in [0, 0.1) is 0 Å². The quantitative estimate of drug-likeness (QED) is 0.921. The van der Waals surface area contributed by atoms with Gasteiger partial charge >= 0.3 is 0 Å². The van der Waals surface area contributed by atoms with E-state index in [1.807, 2.05) is 11.8 Å². The highest BCUT2D eigenvalue weighted by Crippen LogP contribution is 2.28. The molecular weight excluding hydrogens is 254 g/mol. The van der Waals surface area contributed by atoms with Crippen LogP contribution in [0.15, 0.2) is 0 Å². The summed E-state index contributed by atoms with van der Waals surface area (Å²) < 4.78 is 0.259. The van der Waals surface area contributed by atoms with Gasteiger partial charge in [0.2, 0.25) is 0 Å². The van der Waals surface area contributed by atoms with Crippen molar-refractivity contribution in [3.8, 4) is 0 Å². The van der Waals surface area contributed by atoms with Crippen LogP contribution in [0.3, 0.4) is 0 Å². The zero-order valence-electron chi connectivity index (χ0n) is 12.7. The highest BCUT2D eigenvalue weighted by Gasteiger charge is 2.20. The monoisotopic (exact) mass is 279 g/mol. The lowest BCUT2D eigenvalue weighted by Crippen LogP contribution is -2.27. The molecule has 3 nitrogen and oxygen atoms in total. The minimum Gasteiger partial charge on any atom is -0.311 e. The summed E-state index contributed by atoms with van der Waals surface area (Å²) in [5, 5.41) is 3.41. The summed E-state index contributed by atoms with van der Waals surface area (Å²) in [5.41, 5.74) is 3.86. The lowest BCUT2D eigenvalue weighted by atomic mass is 9.97. The minimum absolute atomic E-state index is 0.259. The molecule has 0 bridgehead atoms. The molecule has 4 heteroatoms. The Hall–Kier alpha value is -0.610. The SMILES string of the molecule is CC(C)c1nc(CSC(C)(C)C)nc2c1CCNC2. The Balaban J connectivity index is 2.28. The van der Waals surface area contributed by atoms with E-state index < -0.39 is 0 Å². The van der Waals surface area contributed by atoms with Gasteiger partial charge in [-0.1, -0.05) is 34.6 Å². The zero-order valence-corrected chi connectivity index (χ0v) is 13.5. The van der Waals surface area contributed by atoms with Crippen molar-refractivity contribution in [3.05, 3.63) is 22.8 Å². The molecule has 1 aromatic rings. The number of rotatable bonds is 3. The molecular formula is C15H25N3S. The smallest absolute Gasteiger partial charge is 0.138 e. The summed E-state index contributed by atoms with van der Waals surface area (Å²) in [5.74, 6) is 2.37. The molecule has 0 saturated carbocycles. The van der Waals surface area contributed by atoms with E-state index in [-0.39, 0.29) is 4.75 Å². The van der Waals surface area contributed by atoms with Crippen molar-refractivity contribution in [3.63, 3.8) is 0 Å². The van der Waals surface area contributed by atoms with Crippen molar-refractivity contribution in [1.82, 2.24) is 15.3 Å². The number of nitrogens with one attached hydrogen (secondary N) is 1. The molecule has 0 radical (unpaired) electrons. The molecule has 0 unspecified atom stereocenters. The molecule has 0 aliphatic carbocycles. The van der Waals surface area contributed by atoms with Gasteiger partial charge < -0.3 is 5.32 Å². The van der Waals surface area contributed by atoms with Crippen LogP contribution in [0.1, 0.15) is 63.3 Å². The molecule has 2 heterocycles. The Kier molecular flexibility index (Phi) is 4.51. The second-order valence-electron chi connectivity index (χ2n) is 6.43. The third-order valence-electron chi connectivity index (χ3n) is 3.20. The lowest BCUT2D eigenvalue weighted by Gasteiger charge is -2.23.